The van der Waals surface area contributed by atoms with Crippen molar-refractivity contribution in [2.75, 3.05) is 23.8 Å². The topological polar surface area (TPSA) is 93.5 Å². The van der Waals surface area contributed by atoms with Gasteiger partial charge in [-0.3, -0.25) is 9.59 Å². The van der Waals surface area contributed by atoms with Gasteiger partial charge in [-0.2, -0.15) is 0 Å². The van der Waals surface area contributed by atoms with Gasteiger partial charge in [0, 0.05) is 25.8 Å². The van der Waals surface area contributed by atoms with Gasteiger partial charge in [0.25, 0.3) is 0 Å². The SMILES string of the molecule is CC(=O)Nc1ccc(NC(=O)C(N)C2CCOCC2)cc1Cl. The molecule has 0 spiro atoms. The Kier molecular flexibility index (Phi) is 5.76. The third kappa shape index (κ3) is 4.43. The zero-order valence-corrected chi connectivity index (χ0v) is 13.2. The maximum Gasteiger partial charge on any atom is 0.241 e. The molecule has 1 aromatic rings. The first-order chi connectivity index (χ1) is 10.5. The average Bonchev–Trinajstić information content (AvgIpc) is 2.49. The summed E-state index contributed by atoms with van der Waals surface area (Å²) in [5, 5.41) is 5.72. The van der Waals surface area contributed by atoms with Gasteiger partial charge in [0.15, 0.2) is 0 Å². The van der Waals surface area contributed by atoms with E-state index >= 15 is 0 Å². The second kappa shape index (κ2) is 7.58. The van der Waals surface area contributed by atoms with E-state index < -0.39 is 6.04 Å². The molecule has 0 aromatic heterocycles. The average molecular weight is 326 g/mol. The highest BCUT2D eigenvalue weighted by molar-refractivity contribution is 6.34. The first kappa shape index (κ1) is 16.7. The van der Waals surface area contributed by atoms with Crippen LogP contribution in [0.5, 0.6) is 0 Å². The summed E-state index contributed by atoms with van der Waals surface area (Å²) < 4.78 is 5.27. The van der Waals surface area contributed by atoms with Gasteiger partial charge in [-0.1, -0.05) is 11.6 Å². The predicted molar refractivity (Wildman–Crippen MR) is 85.9 cm³/mol. The van der Waals surface area contributed by atoms with Crippen LogP contribution in [0, 0.1) is 5.92 Å². The number of halogens is 1. The molecule has 1 aromatic carbocycles. The number of anilines is 2. The molecule has 2 rings (SSSR count). The zero-order chi connectivity index (χ0) is 16.1. The molecule has 1 aliphatic heterocycles. The highest BCUT2D eigenvalue weighted by atomic mass is 35.5. The van der Waals surface area contributed by atoms with Crippen LogP contribution < -0.4 is 16.4 Å². The van der Waals surface area contributed by atoms with Crippen molar-refractivity contribution < 1.29 is 14.3 Å². The fourth-order valence-corrected chi connectivity index (χ4v) is 2.63. The second-order valence-electron chi connectivity index (χ2n) is 5.34. The summed E-state index contributed by atoms with van der Waals surface area (Å²) in [5.41, 5.74) is 7.06. The van der Waals surface area contributed by atoms with Crippen molar-refractivity contribution in [1.82, 2.24) is 0 Å². The van der Waals surface area contributed by atoms with Crippen molar-refractivity contribution in [1.29, 1.82) is 0 Å². The van der Waals surface area contributed by atoms with Crippen LogP contribution in [0.4, 0.5) is 11.4 Å². The van der Waals surface area contributed by atoms with Crippen molar-refractivity contribution in [3.8, 4) is 0 Å². The molecule has 7 heteroatoms. The third-order valence-corrected chi connectivity index (χ3v) is 3.94. The van der Waals surface area contributed by atoms with Gasteiger partial charge >= 0.3 is 0 Å². The van der Waals surface area contributed by atoms with E-state index in [1.165, 1.54) is 6.92 Å². The van der Waals surface area contributed by atoms with E-state index in [2.05, 4.69) is 10.6 Å². The van der Waals surface area contributed by atoms with Crippen LogP contribution in [0.3, 0.4) is 0 Å². The molecule has 1 saturated heterocycles. The number of hydrogen-bond acceptors (Lipinski definition) is 4. The zero-order valence-electron chi connectivity index (χ0n) is 12.4. The van der Waals surface area contributed by atoms with Gasteiger partial charge in [-0.15, -0.1) is 0 Å². The van der Waals surface area contributed by atoms with E-state index in [-0.39, 0.29) is 17.7 Å². The normalized spacial score (nSPS) is 16.9. The lowest BCUT2D eigenvalue weighted by Gasteiger charge is -2.26. The van der Waals surface area contributed by atoms with E-state index in [0.29, 0.717) is 29.6 Å². The van der Waals surface area contributed by atoms with Gasteiger partial charge in [0.2, 0.25) is 11.8 Å². The number of carbonyl (C=O) groups excluding carboxylic acids is 2. The van der Waals surface area contributed by atoms with E-state index in [4.69, 9.17) is 22.1 Å². The number of amides is 2. The van der Waals surface area contributed by atoms with Gasteiger partial charge in [-0.25, -0.2) is 0 Å². The standard InChI is InChI=1S/C15H20ClN3O3/c1-9(20)18-13-3-2-11(8-12(13)16)19-15(21)14(17)10-4-6-22-7-5-10/h2-3,8,10,14H,4-7,17H2,1H3,(H,18,20)(H,19,21). The van der Waals surface area contributed by atoms with Gasteiger partial charge in [0.05, 0.1) is 16.8 Å². The first-order valence-corrected chi connectivity index (χ1v) is 7.56. The summed E-state index contributed by atoms with van der Waals surface area (Å²) in [4.78, 5) is 23.2. The fraction of sp³-hybridized carbons (Fsp3) is 0.467. The molecule has 1 heterocycles. The summed E-state index contributed by atoms with van der Waals surface area (Å²) in [5.74, 6) is -0.321. The van der Waals surface area contributed by atoms with Crippen LogP contribution in [0.25, 0.3) is 0 Å². The lowest BCUT2D eigenvalue weighted by Crippen LogP contribution is -2.44. The van der Waals surface area contributed by atoms with E-state index in [9.17, 15) is 9.59 Å². The van der Waals surface area contributed by atoms with Gasteiger partial charge < -0.3 is 21.1 Å². The molecule has 4 N–H and O–H groups in total. The fourth-order valence-electron chi connectivity index (χ4n) is 2.40. The van der Waals surface area contributed by atoms with Crippen molar-refractivity contribution in [3.63, 3.8) is 0 Å². The summed E-state index contributed by atoms with van der Waals surface area (Å²) >= 11 is 6.07. The Morgan fingerprint density at radius 3 is 2.59 bits per heavy atom. The summed E-state index contributed by atoms with van der Waals surface area (Å²) in [6.45, 7) is 2.69. The number of carbonyl (C=O) groups is 2. The lowest BCUT2D eigenvalue weighted by molar-refractivity contribution is -0.119. The molecule has 6 nitrogen and oxygen atoms in total. The molecule has 0 saturated carbocycles. The lowest BCUT2D eigenvalue weighted by atomic mass is 9.92. The summed E-state index contributed by atoms with van der Waals surface area (Å²) in [7, 11) is 0. The van der Waals surface area contributed by atoms with Gasteiger partial charge in [-0.05, 0) is 37.0 Å². The predicted octanol–water partition coefficient (Wildman–Crippen LogP) is 1.99. The first-order valence-electron chi connectivity index (χ1n) is 7.18. The van der Waals surface area contributed by atoms with Gasteiger partial charge in [0.1, 0.15) is 0 Å². The van der Waals surface area contributed by atoms with Crippen LogP contribution in [-0.2, 0) is 14.3 Å². The number of nitrogens with one attached hydrogen (secondary N) is 2. The van der Waals surface area contributed by atoms with Crippen LogP contribution >= 0.6 is 11.6 Å². The van der Waals surface area contributed by atoms with E-state index in [1.54, 1.807) is 18.2 Å². The molecule has 0 aliphatic carbocycles. The molecule has 2 amide bonds. The van der Waals surface area contributed by atoms with Crippen molar-refractivity contribution in [2.45, 2.75) is 25.8 Å². The number of rotatable bonds is 4. The molecule has 120 valence electrons. The quantitative estimate of drug-likeness (QED) is 0.789. The smallest absolute Gasteiger partial charge is 0.241 e. The minimum Gasteiger partial charge on any atom is -0.381 e. The second-order valence-corrected chi connectivity index (χ2v) is 5.75. The number of hydrogen-bond donors (Lipinski definition) is 3. The van der Waals surface area contributed by atoms with Crippen molar-refractivity contribution >= 4 is 34.8 Å². The Morgan fingerprint density at radius 2 is 2.00 bits per heavy atom. The largest absolute Gasteiger partial charge is 0.381 e. The van der Waals surface area contributed by atoms with Crippen LogP contribution in [-0.4, -0.2) is 31.1 Å². The van der Waals surface area contributed by atoms with Crippen molar-refractivity contribution in [3.05, 3.63) is 23.2 Å². The maximum absolute atomic E-state index is 12.2. The minimum atomic E-state index is -0.572. The Balaban J connectivity index is 1.98. The molecule has 1 atom stereocenters. The monoisotopic (exact) mass is 325 g/mol. The summed E-state index contributed by atoms with van der Waals surface area (Å²) in [6, 6.07) is 4.32. The van der Waals surface area contributed by atoms with Crippen LogP contribution in [0.1, 0.15) is 19.8 Å². The molecular formula is C15H20ClN3O3. The third-order valence-electron chi connectivity index (χ3n) is 3.62. The van der Waals surface area contributed by atoms with Crippen molar-refractivity contribution in [2.24, 2.45) is 11.7 Å². The van der Waals surface area contributed by atoms with E-state index in [1.807, 2.05) is 0 Å². The number of ether oxygens (including phenoxy) is 1. The van der Waals surface area contributed by atoms with Crippen LogP contribution in [0.2, 0.25) is 5.02 Å². The molecule has 0 bridgehead atoms. The number of nitrogens with two attached hydrogens (primary N) is 1. The maximum atomic E-state index is 12.2. The molecule has 1 aliphatic rings. The highest BCUT2D eigenvalue weighted by Gasteiger charge is 2.26. The molecular weight excluding hydrogens is 306 g/mol. The molecule has 1 fully saturated rings. The van der Waals surface area contributed by atoms with Crippen LogP contribution in [0.15, 0.2) is 18.2 Å². The Morgan fingerprint density at radius 1 is 1.32 bits per heavy atom. The molecule has 1 unspecified atom stereocenters. The summed E-state index contributed by atoms with van der Waals surface area (Å²) in [6.07, 6.45) is 1.58. The van der Waals surface area contributed by atoms with E-state index in [0.717, 1.165) is 12.8 Å². The molecule has 0 radical (unpaired) electrons. The number of benzene rings is 1. The highest BCUT2D eigenvalue weighted by Crippen LogP contribution is 2.26. The Hall–Kier alpha value is -1.63. The minimum absolute atomic E-state index is 0.128. The molecule has 22 heavy (non-hydrogen) atoms. The Labute approximate surface area is 134 Å². The Bertz CT molecular complexity index is 559.